The molecule has 0 aliphatic carbocycles. The molecule has 2 rings (SSSR count). The van der Waals surface area contributed by atoms with Crippen molar-refractivity contribution in [1.29, 1.82) is 0 Å². The van der Waals surface area contributed by atoms with Crippen molar-refractivity contribution in [3.63, 3.8) is 0 Å². The van der Waals surface area contributed by atoms with E-state index in [4.69, 9.17) is 0 Å². The van der Waals surface area contributed by atoms with Crippen LogP contribution in [0.1, 0.15) is 12.5 Å². The van der Waals surface area contributed by atoms with Gasteiger partial charge in [-0.05, 0) is 23.5 Å². The zero-order chi connectivity index (χ0) is 9.10. The van der Waals surface area contributed by atoms with Crippen molar-refractivity contribution < 1.29 is 0 Å². The van der Waals surface area contributed by atoms with Gasteiger partial charge in [0.15, 0.2) is 0 Å². The molecule has 1 aliphatic heterocycles. The van der Waals surface area contributed by atoms with E-state index in [0.717, 1.165) is 6.54 Å². The highest BCUT2D eigenvalue weighted by molar-refractivity contribution is 8.05. The Morgan fingerprint density at radius 3 is 3.08 bits per heavy atom. The minimum absolute atomic E-state index is 0.915. The Kier molecular flexibility index (Phi) is 2.54. The van der Waals surface area contributed by atoms with Crippen LogP contribution < -0.4 is 0 Å². The van der Waals surface area contributed by atoms with Gasteiger partial charge in [0.25, 0.3) is 0 Å². The largest absolute Gasteiger partial charge is 0.357 e. The monoisotopic (exact) mass is 191 g/mol. The van der Waals surface area contributed by atoms with E-state index in [1.54, 1.807) is 18.0 Å². The second-order valence-electron chi connectivity index (χ2n) is 3.00. The van der Waals surface area contributed by atoms with Crippen LogP contribution in [-0.4, -0.2) is 9.88 Å². The third-order valence-electron chi connectivity index (χ3n) is 1.81. The van der Waals surface area contributed by atoms with Crippen LogP contribution in [0, 0.1) is 5.88 Å². The molecule has 0 bridgehead atoms. The van der Waals surface area contributed by atoms with Crippen LogP contribution >= 0.6 is 11.8 Å². The summed E-state index contributed by atoms with van der Waals surface area (Å²) >= 11 is 1.77. The van der Waals surface area contributed by atoms with E-state index >= 15 is 0 Å². The first kappa shape index (κ1) is 8.63. The number of allylic oxidation sites excluding steroid dienone is 1. The SMILES string of the molecule is CC1=CN(Cc2cccnc2)[CH]S1. The summed E-state index contributed by atoms with van der Waals surface area (Å²) in [4.78, 5) is 7.59. The second kappa shape index (κ2) is 3.83. The summed E-state index contributed by atoms with van der Waals surface area (Å²) in [5, 5.41) is 0. The zero-order valence-corrected chi connectivity index (χ0v) is 8.29. The molecule has 1 aromatic rings. The quantitative estimate of drug-likeness (QED) is 0.715. The molecule has 0 aromatic carbocycles. The fourth-order valence-corrected chi connectivity index (χ4v) is 1.86. The van der Waals surface area contributed by atoms with Crippen LogP contribution in [0.15, 0.2) is 35.6 Å². The maximum Gasteiger partial charge on any atom is 0.109 e. The molecule has 67 valence electrons. The lowest BCUT2D eigenvalue weighted by molar-refractivity contribution is 0.487. The first-order valence-electron chi connectivity index (χ1n) is 4.18. The van der Waals surface area contributed by atoms with E-state index in [0.29, 0.717) is 0 Å². The first-order valence-corrected chi connectivity index (χ1v) is 5.05. The molecule has 1 aliphatic rings. The van der Waals surface area contributed by atoms with Gasteiger partial charge >= 0.3 is 0 Å². The maximum atomic E-state index is 4.08. The van der Waals surface area contributed by atoms with Crippen LogP contribution in [0.2, 0.25) is 0 Å². The second-order valence-corrected chi connectivity index (χ2v) is 4.09. The third-order valence-corrected chi connectivity index (χ3v) is 2.66. The number of hydrogen-bond donors (Lipinski definition) is 0. The number of thioether (sulfide) groups is 1. The molecule has 1 aromatic heterocycles. The van der Waals surface area contributed by atoms with Crippen LogP contribution in [-0.2, 0) is 6.54 Å². The first-order chi connectivity index (χ1) is 6.34. The molecule has 0 unspecified atom stereocenters. The average Bonchev–Trinajstić information content (AvgIpc) is 2.53. The van der Waals surface area contributed by atoms with Gasteiger partial charge < -0.3 is 4.90 Å². The summed E-state index contributed by atoms with van der Waals surface area (Å²) in [6.07, 6.45) is 5.85. The lowest BCUT2D eigenvalue weighted by atomic mass is 10.3. The number of pyridine rings is 1. The molecule has 0 atom stereocenters. The van der Waals surface area contributed by atoms with Gasteiger partial charge in [-0.25, -0.2) is 0 Å². The highest BCUT2D eigenvalue weighted by Crippen LogP contribution is 2.29. The van der Waals surface area contributed by atoms with Gasteiger partial charge in [0, 0.05) is 25.1 Å². The van der Waals surface area contributed by atoms with Gasteiger partial charge in [-0.2, -0.15) is 0 Å². The molecule has 3 heteroatoms. The van der Waals surface area contributed by atoms with Gasteiger partial charge in [0.1, 0.15) is 5.88 Å². The molecule has 1 radical (unpaired) electrons. The fourth-order valence-electron chi connectivity index (χ4n) is 1.23. The Bertz CT molecular complexity index is 308. The van der Waals surface area contributed by atoms with Crippen LogP contribution in [0.5, 0.6) is 0 Å². The van der Waals surface area contributed by atoms with Crippen molar-refractivity contribution >= 4 is 11.8 Å². The number of aromatic nitrogens is 1. The molecule has 0 fully saturated rings. The smallest absolute Gasteiger partial charge is 0.109 e. The Morgan fingerprint density at radius 1 is 1.54 bits per heavy atom. The van der Waals surface area contributed by atoms with E-state index in [9.17, 15) is 0 Å². The molecule has 2 heterocycles. The highest BCUT2D eigenvalue weighted by Gasteiger charge is 2.09. The summed E-state index contributed by atoms with van der Waals surface area (Å²) in [6.45, 7) is 3.03. The summed E-state index contributed by atoms with van der Waals surface area (Å²) in [5.41, 5.74) is 1.24. The lowest BCUT2D eigenvalue weighted by Crippen LogP contribution is -2.08. The van der Waals surface area contributed by atoms with Crippen molar-refractivity contribution in [3.05, 3.63) is 47.1 Å². The lowest BCUT2D eigenvalue weighted by Gasteiger charge is -2.12. The van der Waals surface area contributed by atoms with E-state index in [1.165, 1.54) is 10.5 Å². The molecule has 0 saturated heterocycles. The van der Waals surface area contributed by atoms with Crippen molar-refractivity contribution in [3.8, 4) is 0 Å². The Balaban J connectivity index is 2.00. The standard InChI is InChI=1S/C10H11N2S/c1-9-6-12(8-13-9)7-10-3-2-4-11-5-10/h2-6,8H,7H2,1H3. The summed E-state index contributed by atoms with van der Waals surface area (Å²) in [6, 6.07) is 4.06. The average molecular weight is 191 g/mol. The molecule has 0 amide bonds. The van der Waals surface area contributed by atoms with Crippen molar-refractivity contribution in [2.24, 2.45) is 0 Å². The molecule has 0 spiro atoms. The fraction of sp³-hybridized carbons (Fsp3) is 0.200. The van der Waals surface area contributed by atoms with Gasteiger partial charge in [-0.1, -0.05) is 6.07 Å². The summed E-state index contributed by atoms with van der Waals surface area (Å²) < 4.78 is 0. The molecule has 0 saturated carbocycles. The molecule has 0 N–H and O–H groups in total. The topological polar surface area (TPSA) is 16.1 Å². The highest BCUT2D eigenvalue weighted by atomic mass is 32.2. The normalized spacial score (nSPS) is 16.1. The Labute approximate surface area is 82.7 Å². The number of hydrogen-bond acceptors (Lipinski definition) is 3. The summed E-state index contributed by atoms with van der Waals surface area (Å²) in [5.74, 6) is 2.13. The molecule has 13 heavy (non-hydrogen) atoms. The summed E-state index contributed by atoms with van der Waals surface area (Å²) in [7, 11) is 0. The van der Waals surface area contributed by atoms with Gasteiger partial charge in [-0.3, -0.25) is 4.98 Å². The van der Waals surface area contributed by atoms with Crippen molar-refractivity contribution in [1.82, 2.24) is 9.88 Å². The predicted molar refractivity (Wildman–Crippen MR) is 55.4 cm³/mol. The minimum Gasteiger partial charge on any atom is -0.357 e. The van der Waals surface area contributed by atoms with Crippen molar-refractivity contribution in [2.75, 3.05) is 0 Å². The number of rotatable bonds is 2. The third kappa shape index (κ3) is 2.25. The van der Waals surface area contributed by atoms with Gasteiger partial charge in [-0.15, -0.1) is 11.8 Å². The van der Waals surface area contributed by atoms with Crippen LogP contribution in [0.4, 0.5) is 0 Å². The van der Waals surface area contributed by atoms with Crippen molar-refractivity contribution in [2.45, 2.75) is 13.5 Å². The van der Waals surface area contributed by atoms with Crippen LogP contribution in [0.25, 0.3) is 0 Å². The maximum absolute atomic E-state index is 4.08. The zero-order valence-electron chi connectivity index (χ0n) is 7.47. The Hall–Kier alpha value is -0.960. The van der Waals surface area contributed by atoms with Crippen LogP contribution in [0.3, 0.4) is 0 Å². The molecule has 2 nitrogen and oxygen atoms in total. The Morgan fingerprint density at radius 2 is 2.46 bits per heavy atom. The van der Waals surface area contributed by atoms with E-state index in [1.807, 2.05) is 12.3 Å². The van der Waals surface area contributed by atoms with E-state index in [2.05, 4.69) is 35.0 Å². The van der Waals surface area contributed by atoms with Gasteiger partial charge in [0.2, 0.25) is 0 Å². The number of nitrogens with zero attached hydrogens (tertiary/aromatic N) is 2. The van der Waals surface area contributed by atoms with E-state index in [-0.39, 0.29) is 0 Å². The van der Waals surface area contributed by atoms with E-state index < -0.39 is 0 Å². The minimum atomic E-state index is 0.915. The molecular formula is C10H11N2S. The van der Waals surface area contributed by atoms with Gasteiger partial charge in [0.05, 0.1) is 0 Å². The molecular weight excluding hydrogens is 180 g/mol. The predicted octanol–water partition coefficient (Wildman–Crippen LogP) is 2.61.